The lowest BCUT2D eigenvalue weighted by atomic mass is 10.2. The Kier molecular flexibility index (Phi) is 5.19. The van der Waals surface area contributed by atoms with E-state index in [0.29, 0.717) is 23.8 Å². The van der Waals surface area contributed by atoms with Crippen LogP contribution in [0.15, 0.2) is 30.6 Å². The SMILES string of the molecule is CC(=O)Nc1nc(F)c(CN2CC(Oc3nccc4ncccc34)CC2C)s1. The number of pyridine rings is 2. The van der Waals surface area contributed by atoms with Crippen LogP contribution in [0.3, 0.4) is 0 Å². The van der Waals surface area contributed by atoms with Crippen LogP contribution in [-0.4, -0.2) is 44.4 Å². The molecule has 0 spiro atoms. The molecule has 1 fully saturated rings. The average Bonchev–Trinajstić information content (AvgIpc) is 3.17. The zero-order valence-corrected chi connectivity index (χ0v) is 16.4. The van der Waals surface area contributed by atoms with Crippen LogP contribution in [0.4, 0.5) is 9.52 Å². The van der Waals surface area contributed by atoms with Crippen LogP contribution in [0.1, 0.15) is 25.1 Å². The molecule has 7 nitrogen and oxygen atoms in total. The molecule has 3 aromatic rings. The normalized spacial score (nSPS) is 19.8. The van der Waals surface area contributed by atoms with Gasteiger partial charge in [0.25, 0.3) is 0 Å². The second kappa shape index (κ2) is 7.76. The van der Waals surface area contributed by atoms with E-state index < -0.39 is 5.95 Å². The number of hydrogen-bond donors (Lipinski definition) is 1. The van der Waals surface area contributed by atoms with Gasteiger partial charge < -0.3 is 10.1 Å². The molecule has 1 aliphatic heterocycles. The largest absolute Gasteiger partial charge is 0.472 e. The number of anilines is 1. The molecule has 28 heavy (non-hydrogen) atoms. The van der Waals surface area contributed by atoms with Gasteiger partial charge in [-0.05, 0) is 25.1 Å². The Morgan fingerprint density at radius 1 is 1.39 bits per heavy atom. The summed E-state index contributed by atoms with van der Waals surface area (Å²) in [5, 5.41) is 3.70. The third-order valence-corrected chi connectivity index (χ3v) is 5.65. The summed E-state index contributed by atoms with van der Waals surface area (Å²) in [4.78, 5) is 26.3. The number of thiazole rings is 1. The molecule has 4 heterocycles. The van der Waals surface area contributed by atoms with Gasteiger partial charge in [-0.25, -0.2) is 4.98 Å². The van der Waals surface area contributed by atoms with Crippen molar-refractivity contribution >= 4 is 33.3 Å². The molecule has 2 atom stereocenters. The fraction of sp³-hybridized carbons (Fsp3) is 0.368. The van der Waals surface area contributed by atoms with Crippen molar-refractivity contribution in [3.63, 3.8) is 0 Å². The second-order valence-electron chi connectivity index (χ2n) is 6.85. The van der Waals surface area contributed by atoms with Crippen molar-refractivity contribution in [3.8, 4) is 5.88 Å². The van der Waals surface area contributed by atoms with Crippen molar-refractivity contribution in [2.24, 2.45) is 0 Å². The third kappa shape index (κ3) is 3.95. The Hall–Kier alpha value is -2.65. The highest BCUT2D eigenvalue weighted by atomic mass is 32.1. The molecule has 0 radical (unpaired) electrons. The Balaban J connectivity index is 1.45. The summed E-state index contributed by atoms with van der Waals surface area (Å²) in [6, 6.07) is 5.88. The van der Waals surface area contributed by atoms with Crippen LogP contribution in [0.2, 0.25) is 0 Å². The van der Waals surface area contributed by atoms with Gasteiger partial charge in [0.2, 0.25) is 17.7 Å². The van der Waals surface area contributed by atoms with Crippen LogP contribution < -0.4 is 10.1 Å². The Morgan fingerprint density at radius 2 is 2.25 bits per heavy atom. The second-order valence-corrected chi connectivity index (χ2v) is 7.94. The minimum atomic E-state index is -0.535. The van der Waals surface area contributed by atoms with E-state index in [0.717, 1.165) is 28.7 Å². The molecular formula is C19H20FN5O2S. The van der Waals surface area contributed by atoms with Gasteiger partial charge in [0.15, 0.2) is 5.13 Å². The van der Waals surface area contributed by atoms with Gasteiger partial charge in [0, 0.05) is 44.9 Å². The van der Waals surface area contributed by atoms with Crippen LogP contribution >= 0.6 is 11.3 Å². The first-order valence-electron chi connectivity index (χ1n) is 9.03. The lowest BCUT2D eigenvalue weighted by molar-refractivity contribution is -0.114. The van der Waals surface area contributed by atoms with Crippen molar-refractivity contribution in [1.82, 2.24) is 19.9 Å². The summed E-state index contributed by atoms with van der Waals surface area (Å²) in [6.07, 6.45) is 4.21. The highest BCUT2D eigenvalue weighted by Gasteiger charge is 2.32. The molecule has 0 aromatic carbocycles. The zero-order valence-electron chi connectivity index (χ0n) is 15.6. The molecule has 0 aliphatic carbocycles. The lowest BCUT2D eigenvalue weighted by Crippen LogP contribution is -2.28. The van der Waals surface area contributed by atoms with E-state index in [1.807, 2.05) is 18.2 Å². The summed E-state index contributed by atoms with van der Waals surface area (Å²) in [5.41, 5.74) is 0.840. The van der Waals surface area contributed by atoms with E-state index in [9.17, 15) is 9.18 Å². The van der Waals surface area contributed by atoms with Gasteiger partial charge >= 0.3 is 0 Å². The van der Waals surface area contributed by atoms with E-state index in [4.69, 9.17) is 4.74 Å². The van der Waals surface area contributed by atoms with Gasteiger partial charge in [0.05, 0.1) is 15.8 Å². The first kappa shape index (κ1) is 18.7. The van der Waals surface area contributed by atoms with Gasteiger partial charge in [0.1, 0.15) is 6.10 Å². The van der Waals surface area contributed by atoms with E-state index in [1.165, 1.54) is 6.92 Å². The van der Waals surface area contributed by atoms with Crippen molar-refractivity contribution in [2.75, 3.05) is 11.9 Å². The Morgan fingerprint density at radius 3 is 3.07 bits per heavy atom. The summed E-state index contributed by atoms with van der Waals surface area (Å²) in [7, 11) is 0. The van der Waals surface area contributed by atoms with Gasteiger partial charge in [-0.3, -0.25) is 14.7 Å². The number of ether oxygens (including phenoxy) is 1. The predicted octanol–water partition coefficient (Wildman–Crippen LogP) is 3.23. The number of likely N-dealkylation sites (tertiary alicyclic amines) is 1. The Labute approximate surface area is 165 Å². The number of halogens is 1. The molecule has 1 saturated heterocycles. The first-order chi connectivity index (χ1) is 13.5. The standard InChI is InChI=1S/C19H20FN5O2S/c1-11-8-13(27-18-14-4-3-6-21-15(14)5-7-22-18)9-25(11)10-16-17(20)24-19(28-16)23-12(2)26/h3-7,11,13H,8-10H2,1-2H3,(H,23,24,26). The van der Waals surface area contributed by atoms with E-state index in [-0.39, 0.29) is 23.2 Å². The number of aromatic nitrogens is 3. The number of nitrogens with one attached hydrogen (secondary N) is 1. The molecule has 1 amide bonds. The molecule has 4 rings (SSSR count). The minimum absolute atomic E-state index is 0.0425. The predicted molar refractivity (Wildman–Crippen MR) is 105 cm³/mol. The van der Waals surface area contributed by atoms with Crippen molar-refractivity contribution in [2.45, 2.75) is 39.0 Å². The fourth-order valence-electron chi connectivity index (χ4n) is 3.40. The monoisotopic (exact) mass is 401 g/mol. The number of fused-ring (bicyclic) bond motifs is 1. The zero-order chi connectivity index (χ0) is 19.7. The van der Waals surface area contributed by atoms with Crippen molar-refractivity contribution in [3.05, 3.63) is 41.4 Å². The molecule has 0 saturated carbocycles. The number of carbonyl (C=O) groups excluding carboxylic acids is 1. The molecule has 146 valence electrons. The van der Waals surface area contributed by atoms with Crippen LogP contribution in [-0.2, 0) is 11.3 Å². The molecule has 3 aromatic heterocycles. The van der Waals surface area contributed by atoms with Gasteiger partial charge in [-0.2, -0.15) is 9.37 Å². The van der Waals surface area contributed by atoms with E-state index in [2.05, 4.69) is 32.1 Å². The number of rotatable bonds is 5. The molecule has 9 heteroatoms. The van der Waals surface area contributed by atoms with Crippen molar-refractivity contribution in [1.29, 1.82) is 0 Å². The van der Waals surface area contributed by atoms with Crippen LogP contribution in [0.25, 0.3) is 10.9 Å². The summed E-state index contributed by atoms with van der Waals surface area (Å²) in [5.74, 6) is -0.228. The fourth-order valence-corrected chi connectivity index (χ4v) is 4.31. The molecule has 1 N–H and O–H groups in total. The molecule has 0 bridgehead atoms. The topological polar surface area (TPSA) is 80.2 Å². The maximum absolute atomic E-state index is 14.1. The summed E-state index contributed by atoms with van der Waals surface area (Å²) < 4.78 is 20.3. The highest BCUT2D eigenvalue weighted by Crippen LogP contribution is 2.30. The lowest BCUT2D eigenvalue weighted by Gasteiger charge is -2.19. The number of hydrogen-bond acceptors (Lipinski definition) is 7. The quantitative estimate of drug-likeness (QED) is 0.707. The summed E-state index contributed by atoms with van der Waals surface area (Å²) in [6.45, 7) is 4.55. The van der Waals surface area contributed by atoms with E-state index in [1.54, 1.807) is 12.4 Å². The van der Waals surface area contributed by atoms with Crippen LogP contribution in [0.5, 0.6) is 5.88 Å². The number of amides is 1. The van der Waals surface area contributed by atoms with Crippen molar-refractivity contribution < 1.29 is 13.9 Å². The molecule has 2 unspecified atom stereocenters. The first-order valence-corrected chi connectivity index (χ1v) is 9.84. The maximum atomic E-state index is 14.1. The number of carbonyl (C=O) groups is 1. The molecular weight excluding hydrogens is 381 g/mol. The summed E-state index contributed by atoms with van der Waals surface area (Å²) >= 11 is 1.16. The third-order valence-electron chi connectivity index (χ3n) is 4.72. The number of nitrogens with zero attached hydrogens (tertiary/aromatic N) is 4. The smallest absolute Gasteiger partial charge is 0.230 e. The highest BCUT2D eigenvalue weighted by molar-refractivity contribution is 7.15. The van der Waals surface area contributed by atoms with Crippen LogP contribution in [0, 0.1) is 5.95 Å². The average molecular weight is 401 g/mol. The van der Waals surface area contributed by atoms with Gasteiger partial charge in [-0.1, -0.05) is 11.3 Å². The minimum Gasteiger partial charge on any atom is -0.472 e. The van der Waals surface area contributed by atoms with E-state index >= 15 is 0 Å². The Bertz CT molecular complexity index is 1010. The van der Waals surface area contributed by atoms with Gasteiger partial charge in [-0.15, -0.1) is 0 Å². The maximum Gasteiger partial charge on any atom is 0.230 e. The molecule has 1 aliphatic rings.